The van der Waals surface area contributed by atoms with Crippen LogP contribution in [0.25, 0.3) is 0 Å². The number of likely N-dealkylation sites (N-methyl/N-ethyl adjacent to an activating group) is 1. The van der Waals surface area contributed by atoms with Gasteiger partial charge in [-0.2, -0.15) is 0 Å². The Morgan fingerprint density at radius 3 is 2.55 bits per heavy atom. The molecule has 11 heteroatoms. The normalized spacial score (nSPS) is 18.1. The van der Waals surface area contributed by atoms with E-state index in [1.807, 2.05) is 0 Å². The largest absolute Gasteiger partial charge is 0.378 e. The third-order valence-electron chi connectivity index (χ3n) is 5.01. The van der Waals surface area contributed by atoms with Gasteiger partial charge < -0.3 is 35.8 Å². The molecule has 0 bridgehead atoms. The van der Waals surface area contributed by atoms with Gasteiger partial charge in [-0.05, 0) is 51.5 Å². The summed E-state index contributed by atoms with van der Waals surface area (Å²) >= 11 is 0. The molecule has 1 fully saturated rings. The summed E-state index contributed by atoms with van der Waals surface area (Å²) in [6.45, 7) is 3.87. The van der Waals surface area contributed by atoms with Crippen molar-refractivity contribution >= 4 is 11.8 Å². The van der Waals surface area contributed by atoms with Crippen LogP contribution >= 0.6 is 0 Å². The van der Waals surface area contributed by atoms with Crippen LogP contribution in [0.1, 0.15) is 40.1 Å². The van der Waals surface area contributed by atoms with Gasteiger partial charge in [0.15, 0.2) is 0 Å². The summed E-state index contributed by atoms with van der Waals surface area (Å²) in [4.78, 5) is 44.2. The van der Waals surface area contributed by atoms with Gasteiger partial charge >= 0.3 is 0 Å². The number of carbonyl (C=O) groups excluding carboxylic acids is 2. The Hall–Kier alpha value is -2.31. The first-order valence-electron chi connectivity index (χ1n) is 10.6. The maximum absolute atomic E-state index is 12.4. The number of unbranched alkanes of at least 4 members (excludes halogenated alkanes) is 1. The molecule has 1 aromatic heterocycles. The minimum atomic E-state index is -0.602. The van der Waals surface area contributed by atoms with Gasteiger partial charge in [0.05, 0.1) is 32.4 Å². The fourth-order valence-electron chi connectivity index (χ4n) is 3.20. The second-order valence-electron chi connectivity index (χ2n) is 7.29. The first-order chi connectivity index (χ1) is 15.1. The number of hydrogen-bond acceptors (Lipinski definition) is 8. The van der Waals surface area contributed by atoms with Gasteiger partial charge in [-0.15, -0.1) is 0 Å². The average Bonchev–Trinajstić information content (AvgIpc) is 3.21. The lowest BCUT2D eigenvalue weighted by Gasteiger charge is -2.18. The molecule has 1 aliphatic rings. The SMILES string of the molecule is CN[C@H]1COC[C@H]1NC(=O)c1ccc(C(=O)NCCCNCCCCNOC)[nH]c1=O. The monoisotopic (exact) mass is 438 g/mol. The molecule has 31 heavy (non-hydrogen) atoms. The third-order valence-corrected chi connectivity index (χ3v) is 5.01. The van der Waals surface area contributed by atoms with Crippen molar-refractivity contribution < 1.29 is 19.2 Å². The van der Waals surface area contributed by atoms with E-state index in [1.165, 1.54) is 12.1 Å². The van der Waals surface area contributed by atoms with Crippen molar-refractivity contribution in [1.82, 2.24) is 31.7 Å². The highest BCUT2D eigenvalue weighted by molar-refractivity contribution is 5.96. The topological polar surface area (TPSA) is 146 Å². The second kappa shape index (κ2) is 13.9. The number of ether oxygens (including phenoxy) is 1. The summed E-state index contributed by atoms with van der Waals surface area (Å²) in [5.41, 5.74) is 2.27. The van der Waals surface area contributed by atoms with Crippen LogP contribution in [0.5, 0.6) is 0 Å². The molecule has 6 N–H and O–H groups in total. The third kappa shape index (κ3) is 8.38. The Bertz CT molecular complexity index is 756. The number of carbonyl (C=O) groups is 2. The van der Waals surface area contributed by atoms with Crippen LogP contribution in [0.15, 0.2) is 16.9 Å². The lowest BCUT2D eigenvalue weighted by atomic mass is 10.1. The quantitative estimate of drug-likeness (QED) is 0.156. The highest BCUT2D eigenvalue weighted by Crippen LogP contribution is 2.06. The number of rotatable bonds is 14. The molecule has 2 rings (SSSR count). The van der Waals surface area contributed by atoms with Gasteiger partial charge in [0.25, 0.3) is 17.4 Å². The first kappa shape index (κ1) is 25.0. The van der Waals surface area contributed by atoms with E-state index in [1.54, 1.807) is 14.2 Å². The summed E-state index contributed by atoms with van der Waals surface area (Å²) < 4.78 is 5.34. The molecular weight excluding hydrogens is 404 g/mol. The van der Waals surface area contributed by atoms with Crippen molar-refractivity contribution in [2.75, 3.05) is 53.6 Å². The van der Waals surface area contributed by atoms with Crippen molar-refractivity contribution in [3.63, 3.8) is 0 Å². The van der Waals surface area contributed by atoms with Gasteiger partial charge in [-0.25, -0.2) is 5.48 Å². The number of H-pyrrole nitrogens is 1. The molecule has 1 aliphatic heterocycles. The summed E-state index contributed by atoms with van der Waals surface area (Å²) in [5, 5.41) is 11.9. The maximum atomic E-state index is 12.4. The molecule has 11 nitrogen and oxygen atoms in total. The van der Waals surface area contributed by atoms with Gasteiger partial charge in [0.1, 0.15) is 11.3 Å². The van der Waals surface area contributed by atoms with Crippen LogP contribution in [-0.4, -0.2) is 82.4 Å². The number of aromatic amines is 1. The lowest BCUT2D eigenvalue weighted by Crippen LogP contribution is -2.49. The maximum Gasteiger partial charge on any atom is 0.267 e. The van der Waals surface area contributed by atoms with Crippen molar-refractivity contribution in [3.05, 3.63) is 33.7 Å². The molecule has 0 spiro atoms. The molecule has 0 aromatic carbocycles. The van der Waals surface area contributed by atoms with Gasteiger partial charge in [0.2, 0.25) is 0 Å². The number of aromatic nitrogens is 1. The van der Waals surface area contributed by atoms with Crippen molar-refractivity contribution in [2.45, 2.75) is 31.3 Å². The summed E-state index contributed by atoms with van der Waals surface area (Å²) in [5.74, 6) is -0.873. The number of hydroxylamine groups is 1. The number of nitrogens with one attached hydrogen (secondary N) is 6. The predicted octanol–water partition coefficient (Wildman–Crippen LogP) is -1.27. The van der Waals surface area contributed by atoms with Crippen molar-refractivity contribution in [1.29, 1.82) is 0 Å². The lowest BCUT2D eigenvalue weighted by molar-refractivity contribution is 0.0906. The minimum Gasteiger partial charge on any atom is -0.378 e. The molecule has 2 amide bonds. The summed E-state index contributed by atoms with van der Waals surface area (Å²) in [6, 6.07) is 2.59. The molecule has 1 saturated heterocycles. The van der Waals surface area contributed by atoms with E-state index in [4.69, 9.17) is 9.57 Å². The standard InChI is InChI=1S/C20H34N6O5/c1-21-16-12-31-13-17(16)26-19(28)14-6-7-15(25-18(14)27)20(29)23-10-5-9-22-8-3-4-11-24-30-2/h6-7,16-17,21-22,24H,3-5,8-13H2,1-2H3,(H,23,29)(H,25,27)(H,26,28)/t16-,17+/m0/s1. The number of pyridine rings is 1. The Balaban J connectivity index is 1.70. The molecule has 2 heterocycles. The molecule has 1 aromatic rings. The molecule has 2 atom stereocenters. The van der Waals surface area contributed by atoms with E-state index in [0.29, 0.717) is 19.8 Å². The Morgan fingerprint density at radius 2 is 1.81 bits per heavy atom. The van der Waals surface area contributed by atoms with Gasteiger partial charge in [0, 0.05) is 13.1 Å². The van der Waals surface area contributed by atoms with Crippen LogP contribution in [0, 0.1) is 0 Å². The highest BCUT2D eigenvalue weighted by atomic mass is 16.6. The molecule has 174 valence electrons. The van der Waals surface area contributed by atoms with Crippen LogP contribution in [0.3, 0.4) is 0 Å². The van der Waals surface area contributed by atoms with Crippen molar-refractivity contribution in [3.8, 4) is 0 Å². The van der Waals surface area contributed by atoms with Crippen molar-refractivity contribution in [2.24, 2.45) is 0 Å². The highest BCUT2D eigenvalue weighted by Gasteiger charge is 2.29. The van der Waals surface area contributed by atoms with Crippen LogP contribution < -0.4 is 32.3 Å². The van der Waals surface area contributed by atoms with E-state index in [2.05, 4.69) is 31.7 Å². The number of amides is 2. The smallest absolute Gasteiger partial charge is 0.267 e. The Labute approximate surface area is 182 Å². The summed E-state index contributed by atoms with van der Waals surface area (Å²) in [7, 11) is 3.39. The zero-order valence-electron chi connectivity index (χ0n) is 18.2. The minimum absolute atomic E-state index is 0.00441. The second-order valence-corrected chi connectivity index (χ2v) is 7.29. The molecule has 0 aliphatic carbocycles. The fraction of sp³-hybridized carbons (Fsp3) is 0.650. The first-order valence-corrected chi connectivity index (χ1v) is 10.6. The van der Waals surface area contributed by atoms with E-state index in [-0.39, 0.29) is 29.2 Å². The molecule has 0 unspecified atom stereocenters. The fourth-order valence-corrected chi connectivity index (χ4v) is 3.20. The van der Waals surface area contributed by atoms with Gasteiger partial charge in [-0.3, -0.25) is 14.4 Å². The van der Waals surface area contributed by atoms with Gasteiger partial charge in [-0.1, -0.05) is 0 Å². The Kier molecular flexibility index (Phi) is 11.2. The van der Waals surface area contributed by atoms with E-state index in [9.17, 15) is 14.4 Å². The number of hydrogen-bond donors (Lipinski definition) is 6. The molecular formula is C20H34N6O5. The van der Waals surface area contributed by atoms with Crippen LogP contribution in [0.2, 0.25) is 0 Å². The predicted molar refractivity (Wildman–Crippen MR) is 116 cm³/mol. The zero-order valence-corrected chi connectivity index (χ0v) is 18.2. The van der Waals surface area contributed by atoms with E-state index >= 15 is 0 Å². The van der Waals surface area contributed by atoms with E-state index < -0.39 is 11.5 Å². The molecule has 0 radical (unpaired) electrons. The van der Waals surface area contributed by atoms with Crippen LogP contribution in [0.4, 0.5) is 0 Å². The van der Waals surface area contributed by atoms with Crippen LogP contribution in [-0.2, 0) is 9.57 Å². The van der Waals surface area contributed by atoms with E-state index in [0.717, 1.165) is 38.9 Å². The summed E-state index contributed by atoms with van der Waals surface area (Å²) in [6.07, 6.45) is 2.82. The Morgan fingerprint density at radius 1 is 1.06 bits per heavy atom. The zero-order chi connectivity index (χ0) is 22.5. The molecule has 0 saturated carbocycles. The average molecular weight is 439 g/mol.